The van der Waals surface area contributed by atoms with Crippen molar-refractivity contribution in [3.05, 3.63) is 87.7 Å². The molecule has 0 fully saturated rings. The summed E-state index contributed by atoms with van der Waals surface area (Å²) in [5.41, 5.74) is 1.25. The lowest BCUT2D eigenvalue weighted by molar-refractivity contribution is 0.550. The van der Waals surface area contributed by atoms with Crippen molar-refractivity contribution >= 4 is 62.5 Å². The molecule has 1 aliphatic heterocycles. The summed E-state index contributed by atoms with van der Waals surface area (Å²) < 4.78 is 42.0. The zero-order valence-electron chi connectivity index (χ0n) is 14.8. The van der Waals surface area contributed by atoms with Crippen LogP contribution in [0, 0.1) is 9.39 Å². The number of rotatable bonds is 4. The van der Waals surface area contributed by atoms with Gasteiger partial charge in [-0.2, -0.15) is 0 Å². The number of nitrogens with zero attached hydrogens (tertiary/aromatic N) is 1. The molecule has 1 heterocycles. The molecule has 0 aliphatic carbocycles. The smallest absolute Gasteiger partial charge is 0.267 e. The molecule has 0 radical (unpaired) electrons. The summed E-state index contributed by atoms with van der Waals surface area (Å²) >= 11 is 1.84. The average Bonchev–Trinajstić information content (AvgIpc) is 2.71. The lowest BCUT2D eigenvalue weighted by Gasteiger charge is -2.35. The Bertz CT molecular complexity index is 1160. The van der Waals surface area contributed by atoms with E-state index >= 15 is 0 Å². The highest BCUT2D eigenvalue weighted by atomic mass is 127. The minimum Gasteiger partial charge on any atom is -0.346 e. The minimum absolute atomic E-state index is 0. The SMILES string of the molecule is Cl.O=S(=O)(c1ccccc1)C1(Nc2ccccc2)N=CNc2cc(F)c(I)cc21. The van der Waals surface area contributed by atoms with Crippen LogP contribution < -0.4 is 10.6 Å². The molecule has 4 rings (SSSR count). The first-order valence-corrected chi connectivity index (χ1v) is 10.9. The van der Waals surface area contributed by atoms with Crippen LogP contribution in [0.15, 0.2) is 82.7 Å². The average molecular weight is 544 g/mol. The van der Waals surface area contributed by atoms with E-state index in [-0.39, 0.29) is 17.3 Å². The maximum absolute atomic E-state index is 14.1. The molecule has 3 aromatic rings. The Morgan fingerprint density at radius 2 is 1.62 bits per heavy atom. The second kappa shape index (κ2) is 8.29. The van der Waals surface area contributed by atoms with E-state index in [0.29, 0.717) is 20.5 Å². The minimum atomic E-state index is -4.04. The van der Waals surface area contributed by atoms with Crippen LogP contribution >= 0.6 is 35.0 Å². The summed E-state index contributed by atoms with van der Waals surface area (Å²) in [6, 6.07) is 19.8. The summed E-state index contributed by atoms with van der Waals surface area (Å²) in [5, 5.41) is 5.94. The third-order valence-corrected chi connectivity index (χ3v) is 7.35. The number of halogens is 3. The first-order valence-electron chi connectivity index (χ1n) is 8.37. The van der Waals surface area contributed by atoms with Gasteiger partial charge >= 0.3 is 0 Å². The summed E-state index contributed by atoms with van der Waals surface area (Å²) in [7, 11) is -4.04. The highest BCUT2D eigenvalue weighted by molar-refractivity contribution is 14.1. The third-order valence-electron chi connectivity index (χ3n) is 4.42. The maximum Gasteiger partial charge on any atom is 0.267 e. The Hall–Kier alpha value is -2.17. The monoisotopic (exact) mass is 543 g/mol. The molecule has 0 aromatic heterocycles. The van der Waals surface area contributed by atoms with Gasteiger partial charge < -0.3 is 10.6 Å². The van der Waals surface area contributed by atoms with Crippen molar-refractivity contribution in [2.75, 3.05) is 10.6 Å². The molecular formula is C20H16ClFIN3O2S. The standard InChI is InChI=1S/C20H15FIN3O2S.ClH/c21-17-12-19-16(11-18(17)22)20(24-13-23-19,25-14-7-3-1-4-8-14)28(26,27)15-9-5-2-6-10-15;/h1-13,25H,(H,23,24);1H. The number of para-hydroxylation sites is 1. The fourth-order valence-electron chi connectivity index (χ4n) is 3.08. The van der Waals surface area contributed by atoms with E-state index in [1.807, 2.05) is 28.7 Å². The van der Waals surface area contributed by atoms with Gasteiger partial charge in [0, 0.05) is 14.8 Å². The quantitative estimate of drug-likeness (QED) is 0.454. The molecule has 0 saturated heterocycles. The molecule has 0 spiro atoms. The second-order valence-corrected chi connectivity index (χ2v) is 9.40. The van der Waals surface area contributed by atoms with Crippen LogP contribution in [-0.2, 0) is 14.8 Å². The Morgan fingerprint density at radius 3 is 2.28 bits per heavy atom. The van der Waals surface area contributed by atoms with Crippen molar-refractivity contribution in [2.45, 2.75) is 9.89 Å². The van der Waals surface area contributed by atoms with Gasteiger partial charge in [0.2, 0.25) is 9.84 Å². The lowest BCUT2D eigenvalue weighted by Crippen LogP contribution is -2.44. The molecule has 0 amide bonds. The van der Waals surface area contributed by atoms with Crippen molar-refractivity contribution in [1.82, 2.24) is 0 Å². The van der Waals surface area contributed by atoms with E-state index in [2.05, 4.69) is 15.6 Å². The molecule has 1 unspecified atom stereocenters. The molecule has 1 atom stereocenters. The van der Waals surface area contributed by atoms with E-state index in [1.54, 1.807) is 42.5 Å². The summed E-state index contributed by atoms with van der Waals surface area (Å²) in [6.07, 6.45) is 1.28. The number of anilines is 2. The van der Waals surface area contributed by atoms with Crippen LogP contribution in [0.2, 0.25) is 0 Å². The van der Waals surface area contributed by atoms with Gasteiger partial charge in [-0.15, -0.1) is 12.4 Å². The Kier molecular flexibility index (Phi) is 6.16. The highest BCUT2D eigenvalue weighted by Crippen LogP contribution is 2.43. The number of hydrogen-bond donors (Lipinski definition) is 2. The Balaban J connectivity index is 0.00000240. The Morgan fingerprint density at radius 1 is 1.00 bits per heavy atom. The van der Waals surface area contributed by atoms with Crippen LogP contribution in [-0.4, -0.2) is 14.8 Å². The van der Waals surface area contributed by atoms with Gasteiger partial charge in [-0.3, -0.25) is 0 Å². The maximum atomic E-state index is 14.1. The van der Waals surface area contributed by atoms with E-state index in [4.69, 9.17) is 0 Å². The second-order valence-electron chi connectivity index (χ2n) is 6.17. The number of benzene rings is 3. The Labute approximate surface area is 187 Å². The van der Waals surface area contributed by atoms with Crippen LogP contribution in [0.5, 0.6) is 0 Å². The zero-order valence-corrected chi connectivity index (χ0v) is 18.6. The van der Waals surface area contributed by atoms with Crippen molar-refractivity contribution in [2.24, 2.45) is 4.99 Å². The molecule has 1 aliphatic rings. The van der Waals surface area contributed by atoms with Crippen LogP contribution in [0.25, 0.3) is 0 Å². The molecule has 150 valence electrons. The van der Waals surface area contributed by atoms with Gasteiger partial charge in [0.25, 0.3) is 4.99 Å². The number of fused-ring (bicyclic) bond motifs is 1. The van der Waals surface area contributed by atoms with Crippen molar-refractivity contribution in [3.8, 4) is 0 Å². The zero-order chi connectivity index (χ0) is 19.8. The molecule has 0 bridgehead atoms. The van der Waals surface area contributed by atoms with Gasteiger partial charge in [-0.05, 0) is 59.0 Å². The molecule has 0 saturated carbocycles. The lowest BCUT2D eigenvalue weighted by atomic mass is 10.1. The van der Waals surface area contributed by atoms with Gasteiger partial charge in [0.15, 0.2) is 0 Å². The van der Waals surface area contributed by atoms with Gasteiger partial charge in [0.1, 0.15) is 5.82 Å². The molecule has 5 nitrogen and oxygen atoms in total. The van der Waals surface area contributed by atoms with Crippen LogP contribution in [0.3, 0.4) is 0 Å². The molecule has 2 N–H and O–H groups in total. The highest BCUT2D eigenvalue weighted by Gasteiger charge is 2.49. The van der Waals surface area contributed by atoms with Crippen molar-refractivity contribution < 1.29 is 12.8 Å². The van der Waals surface area contributed by atoms with E-state index < -0.39 is 20.6 Å². The molecular weight excluding hydrogens is 528 g/mol. The molecule has 29 heavy (non-hydrogen) atoms. The normalized spacial score (nSPS) is 17.6. The van der Waals surface area contributed by atoms with E-state index in [9.17, 15) is 12.8 Å². The van der Waals surface area contributed by atoms with E-state index in [1.165, 1.54) is 30.6 Å². The predicted octanol–water partition coefficient (Wildman–Crippen LogP) is 5.00. The van der Waals surface area contributed by atoms with Crippen molar-refractivity contribution in [1.29, 1.82) is 0 Å². The fourth-order valence-corrected chi connectivity index (χ4v) is 5.30. The third kappa shape index (κ3) is 3.72. The number of hydrogen-bond acceptors (Lipinski definition) is 5. The first kappa shape index (κ1) is 21.5. The van der Waals surface area contributed by atoms with Crippen LogP contribution in [0.4, 0.5) is 15.8 Å². The fraction of sp³-hybridized carbons (Fsp3) is 0.0500. The van der Waals surface area contributed by atoms with Crippen LogP contribution in [0.1, 0.15) is 5.56 Å². The van der Waals surface area contributed by atoms with E-state index in [0.717, 1.165) is 0 Å². The van der Waals surface area contributed by atoms with Gasteiger partial charge in [-0.25, -0.2) is 17.8 Å². The van der Waals surface area contributed by atoms with Gasteiger partial charge in [-0.1, -0.05) is 36.4 Å². The van der Waals surface area contributed by atoms with Gasteiger partial charge in [0.05, 0.1) is 16.9 Å². The first-order chi connectivity index (χ1) is 13.4. The largest absolute Gasteiger partial charge is 0.346 e. The predicted molar refractivity (Wildman–Crippen MR) is 124 cm³/mol. The van der Waals surface area contributed by atoms with Crippen molar-refractivity contribution in [3.63, 3.8) is 0 Å². The summed E-state index contributed by atoms with van der Waals surface area (Å²) in [6.45, 7) is 0. The number of nitrogens with one attached hydrogen (secondary N) is 2. The number of aliphatic imine (C=N–C) groups is 1. The molecule has 9 heteroatoms. The number of sulfone groups is 1. The summed E-state index contributed by atoms with van der Waals surface area (Å²) in [5.74, 6) is -0.437. The summed E-state index contributed by atoms with van der Waals surface area (Å²) in [4.78, 5) is 2.63. The molecule has 3 aromatic carbocycles. The topological polar surface area (TPSA) is 70.6 Å².